The number of carbonyl (C=O) groups excluding carboxylic acids is 1. The number of phenols is 1. The number of halogens is 2. The molecule has 0 saturated carbocycles. The van der Waals surface area contributed by atoms with E-state index in [0.717, 1.165) is 5.56 Å². The number of hydrogen-bond donors (Lipinski definition) is 1. The third-order valence-electron chi connectivity index (χ3n) is 7.63. The summed E-state index contributed by atoms with van der Waals surface area (Å²) in [5.41, 5.74) is 0.573. The van der Waals surface area contributed by atoms with E-state index in [1.165, 1.54) is 28.8 Å². The van der Waals surface area contributed by atoms with Gasteiger partial charge in [-0.25, -0.2) is 18.4 Å². The maximum absolute atomic E-state index is 15.2. The van der Waals surface area contributed by atoms with Crippen LogP contribution in [0.3, 0.4) is 0 Å². The zero-order chi connectivity index (χ0) is 29.2. The second kappa shape index (κ2) is 9.91. The molecule has 2 aliphatic rings. The van der Waals surface area contributed by atoms with E-state index in [2.05, 4.69) is 16.7 Å². The van der Waals surface area contributed by atoms with Gasteiger partial charge in [0.25, 0.3) is 0 Å². The second-order valence-electron chi connectivity index (χ2n) is 10.5. The second-order valence-corrected chi connectivity index (χ2v) is 10.9. The first-order valence-electron chi connectivity index (χ1n) is 13.2. The van der Waals surface area contributed by atoms with Crippen molar-refractivity contribution >= 4 is 34.2 Å². The predicted molar refractivity (Wildman–Crippen MR) is 154 cm³/mol. The zero-order valence-electron chi connectivity index (χ0n) is 22.8. The van der Waals surface area contributed by atoms with E-state index in [4.69, 9.17) is 16.3 Å². The van der Waals surface area contributed by atoms with Crippen molar-refractivity contribution in [2.24, 2.45) is 0 Å². The van der Waals surface area contributed by atoms with E-state index in [1.807, 2.05) is 25.7 Å². The summed E-state index contributed by atoms with van der Waals surface area (Å²) in [7, 11) is 0. The summed E-state index contributed by atoms with van der Waals surface area (Å²) in [5, 5.41) is 15.7. The molecule has 2 aliphatic heterocycles. The molecule has 2 aromatic carbocycles. The molecule has 1 N–H and O–H groups in total. The Morgan fingerprint density at radius 3 is 2.80 bits per heavy atom. The molecule has 0 radical (unpaired) electrons. The molecule has 4 heterocycles. The Balaban J connectivity index is 1.70. The van der Waals surface area contributed by atoms with Gasteiger partial charge in [-0.1, -0.05) is 24.2 Å². The van der Waals surface area contributed by atoms with Gasteiger partial charge in [0.2, 0.25) is 5.91 Å². The first kappa shape index (κ1) is 26.8. The molecule has 4 aromatic rings. The molecule has 10 nitrogen and oxygen atoms in total. The standard InChI is InChI=1S/C29H28ClFN6O4/c1-5-22(39)34-9-10-35-17(13-34)14-41-26-24-20(11-18(25(26)30)23-19(31)7-6-8-21(23)38)36(29(40)33-27(24)35)28-16(4)12-32-37(28)15(2)3/h5-8,11-12,15,17,38H,1,9-10,13-14H2,2-4H3. The highest BCUT2D eigenvalue weighted by molar-refractivity contribution is 6.36. The normalized spacial score (nSPS) is 16.5. The number of ether oxygens (including phenoxy) is 1. The molecule has 0 bridgehead atoms. The van der Waals surface area contributed by atoms with Gasteiger partial charge < -0.3 is 19.6 Å². The molecule has 1 atom stereocenters. The van der Waals surface area contributed by atoms with Crippen LogP contribution in [0.25, 0.3) is 27.8 Å². The summed E-state index contributed by atoms with van der Waals surface area (Å²) in [6, 6.07) is 5.15. The summed E-state index contributed by atoms with van der Waals surface area (Å²) in [5.74, 6) is -0.119. The highest BCUT2D eigenvalue weighted by Crippen LogP contribution is 2.48. The summed E-state index contributed by atoms with van der Waals surface area (Å²) in [6.45, 7) is 10.6. The van der Waals surface area contributed by atoms with Crippen molar-refractivity contribution in [2.45, 2.75) is 32.9 Å². The number of benzene rings is 2. The number of aryl methyl sites for hydroxylation is 1. The average molecular weight is 579 g/mol. The van der Waals surface area contributed by atoms with Crippen LogP contribution in [-0.2, 0) is 4.79 Å². The van der Waals surface area contributed by atoms with Crippen molar-refractivity contribution in [1.82, 2.24) is 24.2 Å². The van der Waals surface area contributed by atoms with Crippen LogP contribution in [0, 0.1) is 12.7 Å². The molecule has 1 saturated heterocycles. The zero-order valence-corrected chi connectivity index (χ0v) is 23.5. The molecule has 1 amide bonds. The van der Waals surface area contributed by atoms with Gasteiger partial charge in [0.15, 0.2) is 5.75 Å². The van der Waals surface area contributed by atoms with Gasteiger partial charge in [0, 0.05) is 36.8 Å². The Hall–Kier alpha value is -4.38. The van der Waals surface area contributed by atoms with Crippen LogP contribution >= 0.6 is 11.6 Å². The monoisotopic (exact) mass is 578 g/mol. The first-order valence-corrected chi connectivity index (χ1v) is 13.6. The fraction of sp³-hybridized carbons (Fsp3) is 0.310. The first-order chi connectivity index (χ1) is 19.6. The van der Waals surface area contributed by atoms with Crippen LogP contribution in [0.5, 0.6) is 11.5 Å². The number of phenolic OH excluding ortho intramolecular Hbond substituents is 1. The fourth-order valence-electron chi connectivity index (χ4n) is 5.71. The number of aromatic hydroxyl groups is 1. The van der Waals surface area contributed by atoms with E-state index in [0.29, 0.717) is 42.2 Å². The average Bonchev–Trinajstić information content (AvgIpc) is 3.24. The van der Waals surface area contributed by atoms with Crippen molar-refractivity contribution in [2.75, 3.05) is 31.1 Å². The van der Waals surface area contributed by atoms with Gasteiger partial charge in [-0.15, -0.1) is 0 Å². The summed E-state index contributed by atoms with van der Waals surface area (Å²) < 4.78 is 24.7. The number of fused-ring (bicyclic) bond motifs is 2. The predicted octanol–water partition coefficient (Wildman–Crippen LogP) is 4.23. The molecule has 6 rings (SSSR count). The quantitative estimate of drug-likeness (QED) is 0.361. The van der Waals surface area contributed by atoms with Gasteiger partial charge in [-0.2, -0.15) is 10.1 Å². The van der Waals surface area contributed by atoms with Gasteiger partial charge in [0.1, 0.15) is 29.8 Å². The minimum atomic E-state index is -0.686. The lowest BCUT2D eigenvalue weighted by atomic mass is 10.0. The van der Waals surface area contributed by atoms with Crippen LogP contribution in [0.1, 0.15) is 25.5 Å². The van der Waals surface area contributed by atoms with E-state index < -0.39 is 11.5 Å². The Kier molecular flexibility index (Phi) is 6.49. The van der Waals surface area contributed by atoms with Crippen LogP contribution in [0.4, 0.5) is 10.2 Å². The highest BCUT2D eigenvalue weighted by atomic mass is 35.5. The lowest BCUT2D eigenvalue weighted by molar-refractivity contribution is -0.126. The van der Waals surface area contributed by atoms with Crippen LogP contribution in [-0.4, -0.2) is 67.5 Å². The van der Waals surface area contributed by atoms with Crippen LogP contribution < -0.4 is 15.3 Å². The smallest absolute Gasteiger partial charge is 0.355 e. The third kappa shape index (κ3) is 4.14. The molecule has 1 unspecified atom stereocenters. The van der Waals surface area contributed by atoms with Gasteiger partial charge in [-0.3, -0.25) is 4.79 Å². The van der Waals surface area contributed by atoms with E-state index in [1.54, 1.807) is 21.8 Å². The summed E-state index contributed by atoms with van der Waals surface area (Å²) in [4.78, 5) is 34.5. The van der Waals surface area contributed by atoms with Crippen LogP contribution in [0.15, 0.2) is 47.9 Å². The SMILES string of the molecule is C=CC(=O)N1CCN2c3nc(=O)n(-c4c(C)cnn4C(C)C)c4cc(-c5c(O)cccc5F)c(Cl)c(c34)OCC2C1. The number of carbonyl (C=O) groups is 1. The molecule has 2 aromatic heterocycles. The maximum atomic E-state index is 15.2. The summed E-state index contributed by atoms with van der Waals surface area (Å²) >= 11 is 6.94. The Labute approximate surface area is 239 Å². The molecule has 212 valence electrons. The largest absolute Gasteiger partial charge is 0.507 e. The van der Waals surface area contributed by atoms with E-state index in [9.17, 15) is 14.7 Å². The van der Waals surface area contributed by atoms with Crippen molar-refractivity contribution < 1.29 is 19.0 Å². The topological polar surface area (TPSA) is 106 Å². The maximum Gasteiger partial charge on any atom is 0.355 e. The molecule has 1 fully saturated rings. The van der Waals surface area contributed by atoms with Crippen LogP contribution in [0.2, 0.25) is 5.02 Å². The lowest BCUT2D eigenvalue weighted by Crippen LogP contribution is -2.56. The van der Waals surface area contributed by atoms with Gasteiger partial charge in [-0.05, 0) is 45.0 Å². The number of rotatable bonds is 4. The molecule has 0 spiro atoms. The van der Waals surface area contributed by atoms with E-state index >= 15 is 4.39 Å². The molecular formula is C29H28ClFN6O4. The third-order valence-corrected chi connectivity index (χ3v) is 8.00. The molecule has 41 heavy (non-hydrogen) atoms. The Bertz CT molecular complexity index is 1780. The fourth-order valence-corrected chi connectivity index (χ4v) is 6.00. The molecule has 12 heteroatoms. The van der Waals surface area contributed by atoms with Crippen molar-refractivity contribution in [1.29, 1.82) is 0 Å². The minimum Gasteiger partial charge on any atom is -0.507 e. The van der Waals surface area contributed by atoms with Gasteiger partial charge >= 0.3 is 5.69 Å². The Morgan fingerprint density at radius 1 is 1.32 bits per heavy atom. The molecule has 0 aliphatic carbocycles. The van der Waals surface area contributed by atoms with Gasteiger partial charge in [0.05, 0.1) is 33.7 Å². The number of aromatic nitrogens is 4. The lowest BCUT2D eigenvalue weighted by Gasteiger charge is -2.40. The van der Waals surface area contributed by atoms with E-state index in [-0.39, 0.29) is 52.2 Å². The number of piperazine rings is 1. The number of anilines is 1. The molecular weight excluding hydrogens is 551 g/mol. The minimum absolute atomic E-state index is 0.0686. The van der Waals surface area contributed by atoms with Crippen molar-refractivity contribution in [3.63, 3.8) is 0 Å². The highest BCUT2D eigenvalue weighted by Gasteiger charge is 2.37. The Morgan fingerprint density at radius 2 is 2.10 bits per heavy atom. The number of amides is 1. The number of hydrogen-bond acceptors (Lipinski definition) is 7. The van der Waals surface area contributed by atoms with Crippen molar-refractivity contribution in [3.8, 4) is 28.4 Å². The van der Waals surface area contributed by atoms with Crippen molar-refractivity contribution in [3.05, 3.63) is 70.0 Å². The number of nitrogens with zero attached hydrogens (tertiary/aromatic N) is 6. The summed E-state index contributed by atoms with van der Waals surface area (Å²) in [6.07, 6.45) is 2.94.